The Bertz CT molecular complexity index is 1050. The summed E-state index contributed by atoms with van der Waals surface area (Å²) in [6, 6.07) is 13.8. The largest absolute Gasteiger partial charge is 0.468 e. The average Bonchev–Trinajstić information content (AvgIpc) is 3.34. The van der Waals surface area contributed by atoms with Crippen LogP contribution < -0.4 is 0 Å². The quantitative estimate of drug-likeness (QED) is 0.600. The van der Waals surface area contributed by atoms with Gasteiger partial charge in [-0.3, -0.25) is 14.4 Å². The van der Waals surface area contributed by atoms with E-state index in [1.165, 1.54) is 13.2 Å². The minimum atomic E-state index is -0.772. The number of halogens is 2. The van der Waals surface area contributed by atoms with Crippen LogP contribution >= 0.6 is 23.2 Å². The Morgan fingerprint density at radius 3 is 2.36 bits per heavy atom. The van der Waals surface area contributed by atoms with Gasteiger partial charge < -0.3 is 14.5 Å². The summed E-state index contributed by atoms with van der Waals surface area (Å²) in [6.45, 7) is 1.32. The maximum atomic E-state index is 13.4. The van der Waals surface area contributed by atoms with Crippen LogP contribution in [0.1, 0.15) is 41.6 Å². The molecule has 33 heavy (non-hydrogen) atoms. The van der Waals surface area contributed by atoms with Crippen molar-refractivity contribution in [2.45, 2.75) is 37.1 Å². The number of ether oxygens (including phenoxy) is 1. The summed E-state index contributed by atoms with van der Waals surface area (Å²) in [5.74, 6) is -0.664. The topological polar surface area (TPSA) is 66.9 Å². The number of benzene rings is 2. The van der Waals surface area contributed by atoms with E-state index in [4.69, 9.17) is 27.9 Å². The lowest BCUT2D eigenvalue weighted by atomic mass is 9.72. The highest BCUT2D eigenvalue weighted by atomic mass is 35.5. The Morgan fingerprint density at radius 1 is 1.00 bits per heavy atom. The van der Waals surface area contributed by atoms with Gasteiger partial charge in [-0.05, 0) is 49.4 Å². The first-order valence-corrected chi connectivity index (χ1v) is 11.8. The SMILES string of the molecule is COC(=O)C1(c2ccccc2)CCN(C(=O)C2CCCN2C(=O)c2cc(Cl)ccc2Cl)CC1. The molecule has 1 unspecified atom stereocenters. The highest BCUT2D eigenvalue weighted by molar-refractivity contribution is 6.35. The van der Waals surface area contributed by atoms with Crippen LogP contribution in [0.5, 0.6) is 0 Å². The second-order valence-corrected chi connectivity index (χ2v) is 9.39. The molecule has 2 heterocycles. The molecule has 4 rings (SSSR count). The van der Waals surface area contributed by atoms with Crippen molar-refractivity contribution >= 4 is 41.0 Å². The fourth-order valence-corrected chi connectivity index (χ4v) is 5.34. The number of nitrogens with zero attached hydrogens (tertiary/aromatic N) is 2. The highest BCUT2D eigenvalue weighted by Gasteiger charge is 2.46. The molecule has 0 saturated carbocycles. The van der Waals surface area contributed by atoms with Crippen LogP contribution in [-0.4, -0.2) is 60.4 Å². The van der Waals surface area contributed by atoms with Crippen LogP contribution in [0.3, 0.4) is 0 Å². The Kier molecular flexibility index (Phi) is 6.96. The maximum Gasteiger partial charge on any atom is 0.316 e. The van der Waals surface area contributed by atoms with Crippen molar-refractivity contribution in [3.8, 4) is 0 Å². The van der Waals surface area contributed by atoms with Crippen LogP contribution in [0, 0.1) is 0 Å². The molecule has 174 valence electrons. The minimum absolute atomic E-state index is 0.0921. The van der Waals surface area contributed by atoms with E-state index in [9.17, 15) is 14.4 Å². The van der Waals surface area contributed by atoms with Gasteiger partial charge in [-0.25, -0.2) is 0 Å². The third-order valence-electron chi connectivity index (χ3n) is 6.79. The average molecular weight is 489 g/mol. The molecule has 2 saturated heterocycles. The first-order chi connectivity index (χ1) is 15.9. The third kappa shape index (κ3) is 4.46. The molecule has 1 atom stereocenters. The molecule has 0 spiro atoms. The van der Waals surface area contributed by atoms with Crippen molar-refractivity contribution in [3.63, 3.8) is 0 Å². The zero-order valence-corrected chi connectivity index (χ0v) is 19.9. The number of esters is 1. The Morgan fingerprint density at radius 2 is 1.70 bits per heavy atom. The molecule has 0 radical (unpaired) electrons. The standard InChI is InChI=1S/C25H26Cl2N2O4/c1-33-24(32)25(17-6-3-2-4-7-17)11-14-28(15-12-25)23(31)21-8-5-13-29(21)22(30)19-16-18(26)9-10-20(19)27/h2-4,6-7,9-10,16,21H,5,8,11-15H2,1H3. The van der Waals surface area contributed by atoms with Crippen molar-refractivity contribution in [2.75, 3.05) is 26.7 Å². The molecular formula is C25H26Cl2N2O4. The molecule has 0 aliphatic carbocycles. The lowest BCUT2D eigenvalue weighted by molar-refractivity contribution is -0.152. The van der Waals surface area contributed by atoms with E-state index in [1.54, 1.807) is 21.9 Å². The van der Waals surface area contributed by atoms with E-state index < -0.39 is 11.5 Å². The molecular weight excluding hydrogens is 463 g/mol. The van der Waals surface area contributed by atoms with Gasteiger partial charge >= 0.3 is 5.97 Å². The molecule has 2 aliphatic rings. The molecule has 0 N–H and O–H groups in total. The van der Waals surface area contributed by atoms with Crippen molar-refractivity contribution in [2.24, 2.45) is 0 Å². The zero-order valence-electron chi connectivity index (χ0n) is 18.4. The number of piperidine rings is 1. The van der Waals surface area contributed by atoms with Crippen LogP contribution in [0.2, 0.25) is 10.0 Å². The van der Waals surface area contributed by atoms with E-state index >= 15 is 0 Å². The molecule has 2 aliphatic heterocycles. The second kappa shape index (κ2) is 9.74. The first-order valence-electron chi connectivity index (χ1n) is 11.1. The lowest BCUT2D eigenvalue weighted by Crippen LogP contribution is -2.54. The Balaban J connectivity index is 1.50. The summed E-state index contributed by atoms with van der Waals surface area (Å²) in [6.07, 6.45) is 2.27. The highest BCUT2D eigenvalue weighted by Crippen LogP contribution is 2.37. The monoisotopic (exact) mass is 488 g/mol. The molecule has 2 aromatic rings. The first kappa shape index (κ1) is 23.6. The summed E-state index contributed by atoms with van der Waals surface area (Å²) in [7, 11) is 1.40. The molecule has 0 bridgehead atoms. The smallest absolute Gasteiger partial charge is 0.316 e. The van der Waals surface area contributed by atoms with Gasteiger partial charge in [-0.1, -0.05) is 53.5 Å². The van der Waals surface area contributed by atoms with Gasteiger partial charge in [0.1, 0.15) is 6.04 Å². The van der Waals surface area contributed by atoms with Gasteiger partial charge in [-0.15, -0.1) is 0 Å². The third-order valence-corrected chi connectivity index (χ3v) is 7.35. The van der Waals surface area contributed by atoms with Crippen molar-refractivity contribution in [3.05, 3.63) is 69.7 Å². The van der Waals surface area contributed by atoms with Crippen LogP contribution in [-0.2, 0) is 19.7 Å². The number of carbonyl (C=O) groups excluding carboxylic acids is 3. The maximum absolute atomic E-state index is 13.4. The van der Waals surface area contributed by atoms with Gasteiger partial charge in [0.15, 0.2) is 0 Å². The lowest BCUT2D eigenvalue weighted by Gasteiger charge is -2.41. The summed E-state index contributed by atoms with van der Waals surface area (Å²) in [5, 5.41) is 0.729. The van der Waals surface area contributed by atoms with Gasteiger partial charge in [-0.2, -0.15) is 0 Å². The van der Waals surface area contributed by atoms with E-state index in [2.05, 4.69) is 0 Å². The molecule has 2 fully saturated rings. The number of likely N-dealkylation sites (tertiary alicyclic amines) is 2. The van der Waals surface area contributed by atoms with Gasteiger partial charge in [0.2, 0.25) is 5.91 Å². The fraction of sp³-hybridized carbons (Fsp3) is 0.400. The van der Waals surface area contributed by atoms with E-state index in [-0.39, 0.29) is 17.8 Å². The van der Waals surface area contributed by atoms with Gasteiger partial charge in [0, 0.05) is 24.7 Å². The van der Waals surface area contributed by atoms with Gasteiger partial charge in [0.25, 0.3) is 5.91 Å². The van der Waals surface area contributed by atoms with Crippen molar-refractivity contribution in [1.82, 2.24) is 9.80 Å². The molecule has 8 heteroatoms. The van der Waals surface area contributed by atoms with Crippen LogP contribution in [0.25, 0.3) is 0 Å². The van der Waals surface area contributed by atoms with E-state index in [0.717, 1.165) is 12.0 Å². The van der Waals surface area contributed by atoms with E-state index in [0.29, 0.717) is 54.5 Å². The number of hydrogen-bond donors (Lipinski definition) is 0. The van der Waals surface area contributed by atoms with Crippen LogP contribution in [0.15, 0.2) is 48.5 Å². The summed E-state index contributed by atoms with van der Waals surface area (Å²) in [5.41, 5.74) is 0.431. The zero-order chi connectivity index (χ0) is 23.6. The van der Waals surface area contributed by atoms with E-state index in [1.807, 2.05) is 30.3 Å². The predicted octanol–water partition coefficient (Wildman–Crippen LogP) is 4.33. The number of rotatable bonds is 4. The minimum Gasteiger partial charge on any atom is -0.468 e. The number of amides is 2. The fourth-order valence-electron chi connectivity index (χ4n) is 4.97. The number of methoxy groups -OCH3 is 1. The Labute approximate surface area is 203 Å². The number of carbonyl (C=O) groups is 3. The molecule has 2 aromatic carbocycles. The molecule has 2 amide bonds. The summed E-state index contributed by atoms with van der Waals surface area (Å²) >= 11 is 12.3. The van der Waals surface area contributed by atoms with Crippen molar-refractivity contribution < 1.29 is 19.1 Å². The predicted molar refractivity (Wildman–Crippen MR) is 126 cm³/mol. The van der Waals surface area contributed by atoms with Gasteiger partial charge in [0.05, 0.1) is 23.1 Å². The molecule has 6 nitrogen and oxygen atoms in total. The van der Waals surface area contributed by atoms with Crippen molar-refractivity contribution in [1.29, 1.82) is 0 Å². The normalized spacial score (nSPS) is 19.9. The summed E-state index contributed by atoms with van der Waals surface area (Å²) in [4.78, 5) is 42.8. The second-order valence-electron chi connectivity index (χ2n) is 8.55. The Hall–Kier alpha value is -2.57. The summed E-state index contributed by atoms with van der Waals surface area (Å²) < 4.78 is 5.14. The number of hydrogen-bond acceptors (Lipinski definition) is 4. The van der Waals surface area contributed by atoms with Crippen LogP contribution in [0.4, 0.5) is 0 Å². The molecule has 0 aromatic heterocycles.